The van der Waals surface area contributed by atoms with E-state index >= 15 is 0 Å². The number of carboxylic acids is 1. The van der Waals surface area contributed by atoms with E-state index in [0.29, 0.717) is 18.1 Å². The average Bonchev–Trinajstić information content (AvgIpc) is 2.99. The maximum absolute atomic E-state index is 11.6. The van der Waals surface area contributed by atoms with Gasteiger partial charge < -0.3 is 10.4 Å². The first-order chi connectivity index (χ1) is 9.16. The number of nitrogens with zero attached hydrogens (tertiary/aromatic N) is 3. The molecule has 0 fully saturated rings. The van der Waals surface area contributed by atoms with Crippen molar-refractivity contribution in [1.82, 2.24) is 20.3 Å². The van der Waals surface area contributed by atoms with Gasteiger partial charge in [-0.1, -0.05) is 5.21 Å². The molecule has 0 bridgehead atoms. The summed E-state index contributed by atoms with van der Waals surface area (Å²) < 4.78 is 1.58. The van der Waals surface area contributed by atoms with Gasteiger partial charge in [-0.2, -0.15) is 0 Å². The van der Waals surface area contributed by atoms with Crippen LogP contribution in [0.15, 0.2) is 23.8 Å². The topological polar surface area (TPSA) is 109 Å². The van der Waals surface area contributed by atoms with E-state index in [4.69, 9.17) is 5.11 Å². The maximum Gasteiger partial charge on any atom is 0.338 e. The molecule has 3 N–H and O–H groups in total. The molecule has 2 heterocycles. The fourth-order valence-electron chi connectivity index (χ4n) is 1.36. The number of nitrogens with one attached hydrogen (secondary N) is 2. The summed E-state index contributed by atoms with van der Waals surface area (Å²) in [5.74, 6) is -1.07. The number of carbonyl (C=O) groups is 2. The van der Waals surface area contributed by atoms with Gasteiger partial charge in [0.1, 0.15) is 5.00 Å². The van der Waals surface area contributed by atoms with Crippen LogP contribution in [0.1, 0.15) is 10.4 Å². The molecule has 19 heavy (non-hydrogen) atoms. The molecule has 0 aliphatic rings. The summed E-state index contributed by atoms with van der Waals surface area (Å²) in [5, 5.41) is 23.3. The highest BCUT2D eigenvalue weighted by atomic mass is 32.1. The molecule has 0 spiro atoms. The molecule has 0 saturated heterocycles. The molecule has 9 heteroatoms. The van der Waals surface area contributed by atoms with Gasteiger partial charge in [0.15, 0.2) is 0 Å². The normalized spacial score (nSPS) is 10.1. The Morgan fingerprint density at radius 2 is 2.32 bits per heavy atom. The van der Waals surface area contributed by atoms with Gasteiger partial charge in [0.25, 0.3) is 0 Å². The third-order valence-electron chi connectivity index (χ3n) is 2.22. The minimum absolute atomic E-state index is 0.0800. The fraction of sp³-hybridized carbons (Fsp3) is 0.200. The van der Waals surface area contributed by atoms with Crippen molar-refractivity contribution in [2.75, 3.05) is 11.9 Å². The van der Waals surface area contributed by atoms with Gasteiger partial charge in [0.2, 0.25) is 0 Å². The van der Waals surface area contributed by atoms with Gasteiger partial charge in [-0.25, -0.2) is 9.59 Å². The lowest BCUT2D eigenvalue weighted by atomic mass is 10.3. The second-order valence-electron chi connectivity index (χ2n) is 3.52. The largest absolute Gasteiger partial charge is 0.478 e. The molecule has 0 radical (unpaired) electrons. The number of anilines is 1. The molecule has 0 saturated carbocycles. The molecule has 0 atom stereocenters. The Bertz CT molecular complexity index is 565. The van der Waals surface area contributed by atoms with Crippen molar-refractivity contribution in [2.45, 2.75) is 6.54 Å². The van der Waals surface area contributed by atoms with Crippen LogP contribution in [-0.2, 0) is 6.54 Å². The number of amides is 2. The predicted octanol–water partition coefficient (Wildman–Crippen LogP) is 0.859. The highest BCUT2D eigenvalue weighted by Gasteiger charge is 2.13. The Balaban J connectivity index is 1.81. The van der Waals surface area contributed by atoms with Gasteiger partial charge in [-0.05, 0) is 11.4 Å². The first-order valence-electron chi connectivity index (χ1n) is 5.36. The minimum Gasteiger partial charge on any atom is -0.478 e. The summed E-state index contributed by atoms with van der Waals surface area (Å²) in [5.41, 5.74) is 0.0800. The van der Waals surface area contributed by atoms with Gasteiger partial charge in [0.05, 0.1) is 18.3 Å². The molecule has 0 aliphatic carbocycles. The van der Waals surface area contributed by atoms with Crippen LogP contribution in [0, 0.1) is 0 Å². The van der Waals surface area contributed by atoms with Crippen molar-refractivity contribution in [1.29, 1.82) is 0 Å². The van der Waals surface area contributed by atoms with Crippen LogP contribution in [0.3, 0.4) is 0 Å². The number of aromatic carboxylic acids is 1. The molecule has 100 valence electrons. The van der Waals surface area contributed by atoms with Crippen LogP contribution in [0.2, 0.25) is 0 Å². The quantitative estimate of drug-likeness (QED) is 0.753. The number of hydrogen-bond donors (Lipinski definition) is 3. The van der Waals surface area contributed by atoms with Gasteiger partial charge in [0, 0.05) is 12.7 Å². The van der Waals surface area contributed by atoms with E-state index in [1.807, 2.05) is 0 Å². The van der Waals surface area contributed by atoms with E-state index in [1.54, 1.807) is 22.5 Å². The van der Waals surface area contributed by atoms with Crippen LogP contribution in [0.25, 0.3) is 0 Å². The lowest BCUT2D eigenvalue weighted by molar-refractivity contribution is 0.0698. The third-order valence-corrected chi connectivity index (χ3v) is 3.05. The Morgan fingerprint density at radius 3 is 3.00 bits per heavy atom. The van der Waals surface area contributed by atoms with E-state index in [2.05, 4.69) is 20.9 Å². The Hall–Kier alpha value is -2.42. The molecule has 0 unspecified atom stereocenters. The van der Waals surface area contributed by atoms with Crippen LogP contribution >= 0.6 is 11.3 Å². The first-order valence-corrected chi connectivity index (χ1v) is 6.24. The molecule has 2 aromatic heterocycles. The SMILES string of the molecule is O=C(NCCn1ccnn1)Nc1sccc1C(=O)O. The van der Waals surface area contributed by atoms with E-state index in [1.165, 1.54) is 6.07 Å². The second-order valence-corrected chi connectivity index (χ2v) is 4.43. The summed E-state index contributed by atoms with van der Waals surface area (Å²) in [4.78, 5) is 22.4. The highest BCUT2D eigenvalue weighted by molar-refractivity contribution is 7.14. The maximum atomic E-state index is 11.6. The van der Waals surface area contributed by atoms with Crippen molar-refractivity contribution in [3.63, 3.8) is 0 Å². The molecule has 0 aromatic carbocycles. The average molecular weight is 281 g/mol. The monoisotopic (exact) mass is 281 g/mol. The summed E-state index contributed by atoms with van der Waals surface area (Å²) in [6.07, 6.45) is 3.23. The van der Waals surface area contributed by atoms with E-state index in [-0.39, 0.29) is 5.56 Å². The van der Waals surface area contributed by atoms with Gasteiger partial charge in [-0.15, -0.1) is 16.4 Å². The number of carbonyl (C=O) groups excluding carboxylic acids is 1. The Morgan fingerprint density at radius 1 is 1.47 bits per heavy atom. The highest BCUT2D eigenvalue weighted by Crippen LogP contribution is 2.22. The predicted molar refractivity (Wildman–Crippen MR) is 68.3 cm³/mol. The lowest BCUT2D eigenvalue weighted by Gasteiger charge is -2.06. The lowest BCUT2D eigenvalue weighted by Crippen LogP contribution is -2.31. The molecular formula is C10H11N5O3S. The molecule has 2 rings (SSSR count). The summed E-state index contributed by atoms with van der Waals surface area (Å²) in [6.45, 7) is 0.854. The number of rotatable bonds is 5. The van der Waals surface area contributed by atoms with Crippen molar-refractivity contribution >= 4 is 28.3 Å². The Labute approximate surface area is 112 Å². The first kappa shape index (κ1) is 13.0. The van der Waals surface area contributed by atoms with Crippen molar-refractivity contribution in [2.24, 2.45) is 0 Å². The number of aromatic nitrogens is 3. The van der Waals surface area contributed by atoms with Crippen LogP contribution < -0.4 is 10.6 Å². The summed E-state index contributed by atoms with van der Waals surface area (Å²) in [7, 11) is 0. The number of thiophene rings is 1. The molecule has 0 aliphatic heterocycles. The van der Waals surface area contributed by atoms with Crippen LogP contribution in [0.4, 0.5) is 9.80 Å². The summed E-state index contributed by atoms with van der Waals surface area (Å²) >= 11 is 1.16. The molecule has 8 nitrogen and oxygen atoms in total. The standard InChI is InChI=1S/C10H11N5O3S/c16-9(17)7-1-6-19-8(7)13-10(18)11-2-4-15-5-3-12-14-15/h1,3,5-6H,2,4H2,(H,16,17)(H2,11,13,18). The number of hydrogen-bond acceptors (Lipinski definition) is 5. The van der Waals surface area contributed by atoms with E-state index in [9.17, 15) is 9.59 Å². The van der Waals surface area contributed by atoms with Crippen LogP contribution in [0.5, 0.6) is 0 Å². The van der Waals surface area contributed by atoms with Crippen LogP contribution in [-0.4, -0.2) is 38.6 Å². The zero-order valence-corrected chi connectivity index (χ0v) is 10.6. The van der Waals surface area contributed by atoms with Gasteiger partial charge in [-0.3, -0.25) is 10.00 Å². The van der Waals surface area contributed by atoms with Crippen molar-refractivity contribution in [3.05, 3.63) is 29.4 Å². The zero-order chi connectivity index (χ0) is 13.7. The number of carboxylic acid groups (broad SMARTS) is 1. The smallest absolute Gasteiger partial charge is 0.338 e. The van der Waals surface area contributed by atoms with E-state index in [0.717, 1.165) is 11.3 Å². The molecular weight excluding hydrogens is 270 g/mol. The fourth-order valence-corrected chi connectivity index (χ4v) is 2.13. The van der Waals surface area contributed by atoms with E-state index < -0.39 is 12.0 Å². The summed E-state index contributed by atoms with van der Waals surface area (Å²) in [6, 6.07) is 0.989. The van der Waals surface area contributed by atoms with Gasteiger partial charge >= 0.3 is 12.0 Å². The van der Waals surface area contributed by atoms with Crippen molar-refractivity contribution in [3.8, 4) is 0 Å². The second kappa shape index (κ2) is 5.96. The van der Waals surface area contributed by atoms with Crippen molar-refractivity contribution < 1.29 is 14.7 Å². The third kappa shape index (κ3) is 3.52. The minimum atomic E-state index is -1.07. The number of urea groups is 1. The molecule has 2 amide bonds. The zero-order valence-electron chi connectivity index (χ0n) is 9.74. The molecule has 2 aromatic rings. The Kier molecular flexibility index (Phi) is 4.08.